The number of rotatable bonds is 7. The molecule has 2 rings (SSSR count). The normalized spacial score (nSPS) is 15.0. The molecule has 1 atom stereocenters. The summed E-state index contributed by atoms with van der Waals surface area (Å²) in [5.74, 6) is 0.0887. The summed E-state index contributed by atoms with van der Waals surface area (Å²) in [7, 11) is 1.73. The van der Waals surface area contributed by atoms with Crippen LogP contribution in [0.3, 0.4) is 0 Å². The number of hydrogen-bond donors (Lipinski definition) is 4. The number of carbonyl (C=O) groups excluding carboxylic acids is 3. The minimum absolute atomic E-state index is 0.0479. The minimum Gasteiger partial charge on any atom is -0.467 e. The first-order chi connectivity index (χ1) is 10.5. The lowest BCUT2D eigenvalue weighted by Gasteiger charge is -2.13. The average molecular weight is 309 g/mol. The van der Waals surface area contributed by atoms with E-state index in [0.29, 0.717) is 11.8 Å². The van der Waals surface area contributed by atoms with Crippen molar-refractivity contribution in [3.63, 3.8) is 0 Å². The molecule has 8 heteroatoms. The molecule has 1 saturated carbocycles. The maximum Gasteiger partial charge on any atom is 0.321 e. The number of likely N-dealkylation sites (N-methyl/N-ethyl adjacent to an activating group) is 1. The quantitative estimate of drug-likeness (QED) is 0.487. The lowest BCUT2D eigenvalue weighted by Crippen LogP contribution is -3.11. The van der Waals surface area contributed by atoms with E-state index < -0.39 is 11.9 Å². The van der Waals surface area contributed by atoms with Crippen LogP contribution in [0.25, 0.3) is 0 Å². The molecule has 0 spiro atoms. The second-order valence-corrected chi connectivity index (χ2v) is 5.46. The van der Waals surface area contributed by atoms with E-state index in [1.807, 2.05) is 0 Å². The fourth-order valence-electron chi connectivity index (χ4n) is 1.91. The summed E-state index contributed by atoms with van der Waals surface area (Å²) in [6.45, 7) is 0.461. The number of urea groups is 1. The van der Waals surface area contributed by atoms with E-state index in [-0.39, 0.29) is 25.5 Å². The molecule has 1 aromatic heterocycles. The Kier molecular flexibility index (Phi) is 5.54. The molecule has 8 nitrogen and oxygen atoms in total. The summed E-state index contributed by atoms with van der Waals surface area (Å²) in [4.78, 5) is 35.5. The number of carbonyl (C=O) groups is 3. The van der Waals surface area contributed by atoms with Crippen LogP contribution in [-0.2, 0) is 16.1 Å². The van der Waals surface area contributed by atoms with E-state index in [9.17, 15) is 14.4 Å². The molecule has 1 fully saturated rings. The van der Waals surface area contributed by atoms with Gasteiger partial charge >= 0.3 is 6.03 Å². The number of quaternary nitrogens is 1. The van der Waals surface area contributed by atoms with Gasteiger partial charge in [0, 0.05) is 6.04 Å². The van der Waals surface area contributed by atoms with Gasteiger partial charge in [0.05, 0.1) is 19.9 Å². The fraction of sp³-hybridized carbons (Fsp3) is 0.500. The van der Waals surface area contributed by atoms with Gasteiger partial charge in [0.15, 0.2) is 13.1 Å². The Morgan fingerprint density at radius 3 is 2.64 bits per heavy atom. The highest BCUT2D eigenvalue weighted by Gasteiger charge is 2.25. The molecule has 4 amide bonds. The fourth-order valence-corrected chi connectivity index (χ4v) is 1.91. The number of nitrogens with one attached hydrogen (secondary N) is 4. The Labute approximate surface area is 128 Å². The Bertz CT molecular complexity index is 525. The van der Waals surface area contributed by atoms with Crippen molar-refractivity contribution in [1.29, 1.82) is 0 Å². The lowest BCUT2D eigenvalue weighted by atomic mass is 10.4. The van der Waals surface area contributed by atoms with Crippen molar-refractivity contribution in [1.82, 2.24) is 16.0 Å². The zero-order chi connectivity index (χ0) is 15.9. The number of hydrogen-bond acceptors (Lipinski definition) is 4. The molecule has 0 bridgehead atoms. The molecule has 4 N–H and O–H groups in total. The largest absolute Gasteiger partial charge is 0.467 e. The molecule has 0 radical (unpaired) electrons. The van der Waals surface area contributed by atoms with Crippen LogP contribution in [-0.4, -0.2) is 44.0 Å². The summed E-state index contributed by atoms with van der Waals surface area (Å²) in [5, 5.41) is 7.58. The molecule has 0 aromatic carbocycles. The van der Waals surface area contributed by atoms with Crippen LogP contribution in [0.15, 0.2) is 22.8 Å². The van der Waals surface area contributed by atoms with Crippen LogP contribution < -0.4 is 20.9 Å². The first kappa shape index (κ1) is 16.0. The van der Waals surface area contributed by atoms with E-state index in [4.69, 9.17) is 4.42 Å². The van der Waals surface area contributed by atoms with Gasteiger partial charge in [-0.2, -0.15) is 0 Å². The second-order valence-electron chi connectivity index (χ2n) is 5.46. The van der Waals surface area contributed by atoms with Gasteiger partial charge in [-0.25, -0.2) is 4.79 Å². The Morgan fingerprint density at radius 2 is 2.00 bits per heavy atom. The molecule has 0 aliphatic heterocycles. The first-order valence-corrected chi connectivity index (χ1v) is 7.23. The van der Waals surface area contributed by atoms with Crippen molar-refractivity contribution in [2.75, 3.05) is 20.1 Å². The molecule has 1 aromatic rings. The minimum atomic E-state index is -0.586. The Hall–Kier alpha value is -2.35. The van der Waals surface area contributed by atoms with Gasteiger partial charge < -0.3 is 20.0 Å². The molecule has 1 aliphatic rings. The monoisotopic (exact) mass is 309 g/mol. The van der Waals surface area contributed by atoms with Crippen LogP contribution in [0.1, 0.15) is 18.6 Å². The van der Waals surface area contributed by atoms with Crippen molar-refractivity contribution < 1.29 is 23.7 Å². The highest BCUT2D eigenvalue weighted by molar-refractivity contribution is 5.94. The lowest BCUT2D eigenvalue weighted by molar-refractivity contribution is -0.862. The van der Waals surface area contributed by atoms with Gasteiger partial charge in [0.25, 0.3) is 11.8 Å². The smallest absolute Gasteiger partial charge is 0.321 e. The zero-order valence-electron chi connectivity index (χ0n) is 12.5. The maximum atomic E-state index is 11.7. The van der Waals surface area contributed by atoms with E-state index in [2.05, 4.69) is 16.0 Å². The van der Waals surface area contributed by atoms with Crippen LogP contribution in [0.5, 0.6) is 0 Å². The standard InChI is InChI=1S/C14H20N4O4/c1-18(8-12(19)16-10-4-5-10)9-13(20)17-14(21)15-7-11-3-2-6-22-11/h2-3,6,10H,4-5,7-9H2,1H3,(H,16,19)(H2,15,17,20,21)/p+1. The summed E-state index contributed by atoms with van der Waals surface area (Å²) in [6.07, 6.45) is 3.56. The summed E-state index contributed by atoms with van der Waals surface area (Å²) in [6, 6.07) is 3.15. The first-order valence-electron chi connectivity index (χ1n) is 7.23. The molecule has 120 valence electrons. The van der Waals surface area contributed by atoms with Gasteiger partial charge in [-0.15, -0.1) is 0 Å². The van der Waals surface area contributed by atoms with E-state index in [1.165, 1.54) is 6.26 Å². The summed E-state index contributed by atoms with van der Waals surface area (Å²) < 4.78 is 5.06. The average Bonchev–Trinajstić information content (AvgIpc) is 3.07. The SMILES string of the molecule is C[NH+](CC(=O)NC(=O)NCc1ccco1)CC(=O)NC1CC1. The van der Waals surface area contributed by atoms with Gasteiger partial charge in [-0.1, -0.05) is 0 Å². The highest BCUT2D eigenvalue weighted by atomic mass is 16.3. The third-order valence-corrected chi connectivity index (χ3v) is 3.12. The van der Waals surface area contributed by atoms with Gasteiger partial charge in [-0.3, -0.25) is 14.9 Å². The molecule has 0 saturated heterocycles. The molecule has 22 heavy (non-hydrogen) atoms. The van der Waals surface area contributed by atoms with Gasteiger partial charge in [-0.05, 0) is 25.0 Å². The van der Waals surface area contributed by atoms with Crippen molar-refractivity contribution in [2.24, 2.45) is 0 Å². The topological polar surface area (TPSA) is 105 Å². The summed E-state index contributed by atoms with van der Waals surface area (Å²) in [5.41, 5.74) is 0. The van der Waals surface area contributed by atoms with Gasteiger partial charge in [0.1, 0.15) is 5.76 Å². The number of furan rings is 1. The number of amides is 4. The number of imide groups is 1. The van der Waals surface area contributed by atoms with Crippen molar-refractivity contribution in [3.8, 4) is 0 Å². The molecular weight excluding hydrogens is 288 g/mol. The molecule has 1 heterocycles. The van der Waals surface area contributed by atoms with Crippen molar-refractivity contribution >= 4 is 17.8 Å². The van der Waals surface area contributed by atoms with Crippen LogP contribution in [0, 0.1) is 0 Å². The summed E-state index contributed by atoms with van der Waals surface area (Å²) >= 11 is 0. The van der Waals surface area contributed by atoms with Crippen LogP contribution >= 0.6 is 0 Å². The van der Waals surface area contributed by atoms with E-state index >= 15 is 0 Å². The van der Waals surface area contributed by atoms with Crippen LogP contribution in [0.2, 0.25) is 0 Å². The molecule has 1 aliphatic carbocycles. The van der Waals surface area contributed by atoms with Crippen LogP contribution in [0.4, 0.5) is 4.79 Å². The van der Waals surface area contributed by atoms with Gasteiger partial charge in [0.2, 0.25) is 0 Å². The Morgan fingerprint density at radius 1 is 1.27 bits per heavy atom. The molecular formula is C14H21N4O4+. The predicted molar refractivity (Wildman–Crippen MR) is 76.9 cm³/mol. The zero-order valence-corrected chi connectivity index (χ0v) is 12.5. The second kappa shape index (κ2) is 7.60. The van der Waals surface area contributed by atoms with Crippen molar-refractivity contribution in [2.45, 2.75) is 25.4 Å². The van der Waals surface area contributed by atoms with E-state index in [1.54, 1.807) is 19.2 Å². The van der Waals surface area contributed by atoms with E-state index in [0.717, 1.165) is 17.7 Å². The highest BCUT2D eigenvalue weighted by Crippen LogP contribution is 2.17. The molecule has 1 unspecified atom stereocenters. The third-order valence-electron chi connectivity index (χ3n) is 3.12. The van der Waals surface area contributed by atoms with Crippen molar-refractivity contribution in [3.05, 3.63) is 24.2 Å². The maximum absolute atomic E-state index is 11.7. The predicted octanol–water partition coefficient (Wildman–Crippen LogP) is -1.60. The third kappa shape index (κ3) is 5.96. The Balaban J connectivity index is 1.61.